The van der Waals surface area contributed by atoms with Crippen molar-refractivity contribution in [1.29, 1.82) is 0 Å². The van der Waals surface area contributed by atoms with Crippen LogP contribution in [0.3, 0.4) is 0 Å². The van der Waals surface area contributed by atoms with Crippen LogP contribution in [0.5, 0.6) is 0 Å². The van der Waals surface area contributed by atoms with Crippen molar-refractivity contribution in [3.05, 3.63) is 30.5 Å². The summed E-state index contributed by atoms with van der Waals surface area (Å²) in [6, 6.07) is 7.96. The molecule has 3 heterocycles. The van der Waals surface area contributed by atoms with Crippen LogP contribution < -0.4 is 5.59 Å². The first-order valence-corrected chi connectivity index (χ1v) is 6.19. The zero-order valence-electron chi connectivity index (χ0n) is 11.2. The summed E-state index contributed by atoms with van der Waals surface area (Å²) in [6.07, 6.45) is 1.92. The van der Waals surface area contributed by atoms with E-state index in [1.807, 2.05) is 62.7 Å². The number of aromatic nitrogens is 2. The Labute approximate surface area is 107 Å². The molecule has 2 aromatic heterocycles. The molecule has 18 heavy (non-hydrogen) atoms. The second kappa shape index (κ2) is 3.59. The van der Waals surface area contributed by atoms with Crippen LogP contribution in [0.4, 0.5) is 0 Å². The maximum absolute atomic E-state index is 5.98. The van der Waals surface area contributed by atoms with Gasteiger partial charge in [0.1, 0.15) is 0 Å². The zero-order valence-corrected chi connectivity index (χ0v) is 11.2. The first-order valence-electron chi connectivity index (χ1n) is 6.19. The Morgan fingerprint density at radius 1 is 1.11 bits per heavy atom. The highest BCUT2D eigenvalue weighted by Gasteiger charge is 2.52. The fourth-order valence-corrected chi connectivity index (χ4v) is 2.04. The van der Waals surface area contributed by atoms with Gasteiger partial charge < -0.3 is 9.31 Å². The van der Waals surface area contributed by atoms with Crippen molar-refractivity contribution >= 4 is 18.2 Å². The van der Waals surface area contributed by atoms with E-state index in [0.717, 1.165) is 11.1 Å². The molecule has 0 unspecified atom stereocenters. The van der Waals surface area contributed by atoms with E-state index in [1.165, 1.54) is 0 Å². The molecule has 3 rings (SSSR count). The van der Waals surface area contributed by atoms with Gasteiger partial charge in [0.25, 0.3) is 0 Å². The van der Waals surface area contributed by atoms with Gasteiger partial charge in [-0.1, -0.05) is 6.07 Å². The predicted molar refractivity (Wildman–Crippen MR) is 70.9 cm³/mol. The van der Waals surface area contributed by atoms with Gasteiger partial charge in [0.15, 0.2) is 0 Å². The molecule has 1 saturated heterocycles. The van der Waals surface area contributed by atoms with Crippen molar-refractivity contribution in [2.24, 2.45) is 0 Å². The first-order chi connectivity index (χ1) is 8.39. The van der Waals surface area contributed by atoms with E-state index in [4.69, 9.17) is 9.31 Å². The molecule has 0 amide bonds. The van der Waals surface area contributed by atoms with E-state index in [-0.39, 0.29) is 11.2 Å². The summed E-state index contributed by atoms with van der Waals surface area (Å²) in [4.78, 5) is 0. The Morgan fingerprint density at radius 2 is 1.78 bits per heavy atom. The lowest BCUT2D eigenvalue weighted by atomic mass is 9.85. The average molecular weight is 244 g/mol. The molecule has 1 aliphatic heterocycles. The molecular formula is C13H17BN2O2. The monoisotopic (exact) mass is 244 g/mol. The van der Waals surface area contributed by atoms with Gasteiger partial charge in [-0.25, -0.2) is 4.52 Å². The van der Waals surface area contributed by atoms with E-state index in [0.29, 0.717) is 0 Å². The minimum Gasteiger partial charge on any atom is -0.398 e. The van der Waals surface area contributed by atoms with Crippen molar-refractivity contribution < 1.29 is 9.31 Å². The minimum atomic E-state index is -0.394. The lowest BCUT2D eigenvalue weighted by molar-refractivity contribution is 0.00578. The van der Waals surface area contributed by atoms with E-state index >= 15 is 0 Å². The SMILES string of the molecule is CC1(C)OB(c2cc3ccccn3n2)OC1(C)C. The Hall–Kier alpha value is -1.33. The van der Waals surface area contributed by atoms with Gasteiger partial charge in [0.05, 0.1) is 22.3 Å². The van der Waals surface area contributed by atoms with Crippen LogP contribution in [0.2, 0.25) is 0 Å². The van der Waals surface area contributed by atoms with Gasteiger partial charge in [-0.15, -0.1) is 0 Å². The van der Waals surface area contributed by atoms with Crippen LogP contribution in [-0.4, -0.2) is 27.9 Å². The van der Waals surface area contributed by atoms with Gasteiger partial charge >= 0.3 is 7.12 Å². The topological polar surface area (TPSA) is 35.8 Å². The highest BCUT2D eigenvalue weighted by Crippen LogP contribution is 2.36. The minimum absolute atomic E-state index is 0.326. The van der Waals surface area contributed by atoms with Crippen LogP contribution in [0, 0.1) is 0 Å². The van der Waals surface area contributed by atoms with Crippen LogP contribution in [-0.2, 0) is 9.31 Å². The van der Waals surface area contributed by atoms with Crippen LogP contribution in [0.15, 0.2) is 30.5 Å². The number of pyridine rings is 1. The van der Waals surface area contributed by atoms with Gasteiger partial charge in [-0.05, 0) is 45.9 Å². The van der Waals surface area contributed by atoms with Crippen LogP contribution in [0.1, 0.15) is 27.7 Å². The molecular weight excluding hydrogens is 227 g/mol. The third kappa shape index (κ3) is 1.66. The van der Waals surface area contributed by atoms with Crippen molar-refractivity contribution in [3.8, 4) is 0 Å². The molecule has 0 aliphatic carbocycles. The number of nitrogens with zero attached hydrogens (tertiary/aromatic N) is 2. The van der Waals surface area contributed by atoms with Gasteiger partial charge in [0.2, 0.25) is 0 Å². The molecule has 4 nitrogen and oxygen atoms in total. The lowest BCUT2D eigenvalue weighted by Crippen LogP contribution is -2.41. The highest BCUT2D eigenvalue weighted by atomic mass is 16.7. The Bertz CT molecular complexity index is 542. The van der Waals surface area contributed by atoms with Crippen molar-refractivity contribution in [1.82, 2.24) is 9.61 Å². The predicted octanol–water partition coefficient (Wildman–Crippen LogP) is 1.63. The Morgan fingerprint density at radius 3 is 2.39 bits per heavy atom. The second-order valence-corrected chi connectivity index (χ2v) is 5.73. The molecule has 0 N–H and O–H groups in total. The molecule has 0 bridgehead atoms. The Kier molecular flexibility index (Phi) is 2.34. The maximum atomic E-state index is 5.98. The molecule has 0 spiro atoms. The molecule has 5 heteroatoms. The largest absolute Gasteiger partial charge is 0.516 e. The van der Waals surface area contributed by atoms with E-state index < -0.39 is 7.12 Å². The van der Waals surface area contributed by atoms with Crippen molar-refractivity contribution in [2.75, 3.05) is 0 Å². The summed E-state index contributed by atoms with van der Waals surface area (Å²) >= 11 is 0. The van der Waals surface area contributed by atoms with Gasteiger partial charge in [-0.2, -0.15) is 5.10 Å². The van der Waals surface area contributed by atoms with E-state index in [9.17, 15) is 0 Å². The van der Waals surface area contributed by atoms with Crippen molar-refractivity contribution in [2.45, 2.75) is 38.9 Å². The van der Waals surface area contributed by atoms with Gasteiger partial charge in [0, 0.05) is 6.20 Å². The Balaban J connectivity index is 1.97. The summed E-state index contributed by atoms with van der Waals surface area (Å²) in [5.41, 5.74) is 1.21. The number of rotatable bonds is 1. The average Bonchev–Trinajstić information content (AvgIpc) is 2.78. The smallest absolute Gasteiger partial charge is 0.398 e. The molecule has 0 radical (unpaired) electrons. The summed E-state index contributed by atoms with van der Waals surface area (Å²) in [6.45, 7) is 8.18. The molecule has 0 aromatic carbocycles. The van der Waals surface area contributed by atoms with Gasteiger partial charge in [-0.3, -0.25) is 0 Å². The van der Waals surface area contributed by atoms with E-state index in [1.54, 1.807) is 0 Å². The van der Waals surface area contributed by atoms with Crippen LogP contribution in [0.25, 0.3) is 5.52 Å². The third-order valence-electron chi connectivity index (χ3n) is 3.88. The standard InChI is InChI=1S/C13H17BN2O2/c1-12(2)13(3,4)18-14(17-12)11-9-10-7-5-6-8-16(10)15-11/h5-9H,1-4H3. The summed E-state index contributed by atoms with van der Waals surface area (Å²) in [7, 11) is -0.394. The molecule has 2 aromatic rings. The molecule has 94 valence electrons. The summed E-state index contributed by atoms with van der Waals surface area (Å²) in [5.74, 6) is 0. The lowest BCUT2D eigenvalue weighted by Gasteiger charge is -2.32. The molecule has 0 saturated carbocycles. The molecule has 0 atom stereocenters. The fourth-order valence-electron chi connectivity index (χ4n) is 2.04. The highest BCUT2D eigenvalue weighted by molar-refractivity contribution is 6.61. The summed E-state index contributed by atoms with van der Waals surface area (Å²) in [5, 5.41) is 4.49. The quantitative estimate of drug-likeness (QED) is 0.715. The third-order valence-corrected chi connectivity index (χ3v) is 3.88. The van der Waals surface area contributed by atoms with E-state index in [2.05, 4.69) is 5.10 Å². The second-order valence-electron chi connectivity index (χ2n) is 5.73. The normalized spacial score (nSPS) is 21.7. The summed E-state index contributed by atoms with van der Waals surface area (Å²) < 4.78 is 13.8. The molecule has 1 fully saturated rings. The number of hydrogen-bond acceptors (Lipinski definition) is 3. The van der Waals surface area contributed by atoms with Crippen molar-refractivity contribution in [3.63, 3.8) is 0 Å². The number of fused-ring (bicyclic) bond motifs is 1. The fraction of sp³-hybridized carbons (Fsp3) is 0.462. The maximum Gasteiger partial charge on any atom is 0.516 e. The molecule has 1 aliphatic rings. The zero-order chi connectivity index (χ0) is 13.0. The van der Waals surface area contributed by atoms with Crippen LogP contribution >= 0.6 is 0 Å². The number of hydrogen-bond donors (Lipinski definition) is 0. The first kappa shape index (κ1) is 11.7.